The zero-order valence-corrected chi connectivity index (χ0v) is 30.5. The maximum Gasteiger partial charge on any atom is 0.471 e. The van der Waals surface area contributed by atoms with Gasteiger partial charge in [-0.3, -0.25) is 18.2 Å². The highest BCUT2D eigenvalue weighted by atomic mass is 32.2. The number of carbonyl (C=O) groups is 2. The van der Waals surface area contributed by atoms with Crippen molar-refractivity contribution >= 4 is 43.1 Å². The Bertz CT molecular complexity index is 2440. The van der Waals surface area contributed by atoms with Crippen molar-refractivity contribution in [3.05, 3.63) is 108 Å². The number of Topliss-reactive ketones (excluding diaryl/α,β-unsaturated/α-hetero) is 1. The van der Waals surface area contributed by atoms with Gasteiger partial charge in [-0.05, 0) is 18.2 Å². The molecule has 0 atom stereocenters. The Morgan fingerprint density at radius 3 is 1.60 bits per heavy atom. The third-order valence-electron chi connectivity index (χ3n) is 7.11. The highest BCUT2D eigenvalue weighted by Gasteiger charge is 2.39. The van der Waals surface area contributed by atoms with E-state index in [9.17, 15) is 61.5 Å². The summed E-state index contributed by atoms with van der Waals surface area (Å²) in [7, 11) is -7.61. The van der Waals surface area contributed by atoms with Crippen molar-refractivity contribution in [2.24, 2.45) is 0 Å². The molecule has 0 fully saturated rings. The Hall–Kier alpha value is -6.18. The lowest BCUT2D eigenvalue weighted by Crippen LogP contribution is -2.39. The lowest BCUT2D eigenvalue weighted by atomic mass is 10.1. The average Bonchev–Trinajstić information content (AvgIpc) is 3.64. The molecule has 2 aromatic carbocycles. The molecular weight excluding hydrogens is 827 g/mol. The van der Waals surface area contributed by atoms with Crippen LogP contribution < -0.4 is 13.9 Å². The molecule has 0 radical (unpaired) electrons. The third kappa shape index (κ3) is 11.9. The zero-order chi connectivity index (χ0) is 42.3. The Kier molecular flexibility index (Phi) is 13.2. The molecule has 0 spiro atoms. The van der Waals surface area contributed by atoms with E-state index >= 15 is 0 Å². The third-order valence-corrected chi connectivity index (χ3v) is 9.39. The van der Waals surface area contributed by atoms with E-state index in [1.165, 1.54) is 54.9 Å². The number of nitrogens with one attached hydrogen (secondary N) is 1. The maximum absolute atomic E-state index is 14.5. The number of benzene rings is 2. The van der Waals surface area contributed by atoms with Gasteiger partial charge in [0.25, 0.3) is 0 Å². The molecule has 1 amide bonds. The molecule has 0 aliphatic rings. The number of carbonyl (C=O) groups excluding carboxylic acids is 2. The molecule has 5 rings (SSSR count). The van der Waals surface area contributed by atoms with E-state index in [0.29, 0.717) is 0 Å². The van der Waals surface area contributed by atoms with Crippen LogP contribution in [0, 0.1) is 11.6 Å². The molecule has 5 aromatic rings. The highest BCUT2D eigenvalue weighted by molar-refractivity contribution is 7.92. The predicted octanol–water partition coefficient (Wildman–Crippen LogP) is 4.09. The highest BCUT2D eigenvalue weighted by Crippen LogP contribution is 2.31. The van der Waals surface area contributed by atoms with E-state index in [2.05, 4.69) is 34.6 Å². The fourth-order valence-corrected chi connectivity index (χ4v) is 6.13. The second kappa shape index (κ2) is 17.3. The number of nitrogens with zero attached hydrogens (tertiary/aromatic N) is 8. The Morgan fingerprint density at radius 2 is 1.19 bits per heavy atom. The minimum absolute atomic E-state index is 0.0337. The molecule has 3 heterocycles. The van der Waals surface area contributed by atoms with Gasteiger partial charge in [0.15, 0.2) is 5.78 Å². The Balaban J connectivity index is 0.000000253. The summed E-state index contributed by atoms with van der Waals surface area (Å²) in [5, 5.41) is 7.51. The second-order valence-corrected chi connectivity index (χ2v) is 15.2. The number of rotatable bonds is 12. The number of halogens is 8. The van der Waals surface area contributed by atoms with Gasteiger partial charge in [-0.15, -0.1) is 10.2 Å². The quantitative estimate of drug-likeness (QED) is 0.139. The summed E-state index contributed by atoms with van der Waals surface area (Å²) in [6, 6.07) is 6.32. The summed E-state index contributed by atoms with van der Waals surface area (Å²) in [5.74, 6) is -7.15. The minimum Gasteiger partial charge on any atom is -0.413 e. The van der Waals surface area contributed by atoms with Gasteiger partial charge in [0.1, 0.15) is 24.3 Å². The SMILES string of the molecule is CS(=O)(=O)N(Cc1ccc(-c2nnc(C(F)(F)F)o2)cc1F)c1cncnc1.CS(=O)(=O)N(Cc1ccc(C(=O)CNC(=O)C(F)(F)F)cc1F)c1cncnc1. The van der Waals surface area contributed by atoms with Gasteiger partial charge in [-0.1, -0.05) is 18.2 Å². The molecule has 0 saturated carbocycles. The standard InChI is InChI=1S/C16H14F4N4O4S.C15H11F4N5O3S/c1-29(27,28)24(12-5-21-9-22-6-12)8-11-3-2-10(4-13(11)17)14(25)7-23-15(26)16(18,19)20;1-28(25,26)24(11-5-20-8-21-6-11)7-10-3-2-9(4-12(10)16)13-22-23-14(27-13)15(17,18)19/h2-6,9H,7-8H2,1H3,(H,23,26);2-6,8H,7H2,1H3. The summed E-state index contributed by atoms with van der Waals surface area (Å²) in [6.07, 6.45) is -0.817. The molecule has 0 aliphatic heterocycles. The van der Waals surface area contributed by atoms with E-state index in [-0.39, 0.29) is 40.2 Å². The molecule has 3 aromatic heterocycles. The molecule has 0 aliphatic carbocycles. The molecule has 26 heteroatoms. The van der Waals surface area contributed by atoms with Crippen LogP contribution in [0.4, 0.5) is 46.5 Å². The van der Waals surface area contributed by atoms with Crippen LogP contribution in [0.1, 0.15) is 27.4 Å². The van der Waals surface area contributed by atoms with Crippen LogP contribution in [0.3, 0.4) is 0 Å². The first-order valence-electron chi connectivity index (χ1n) is 15.3. The van der Waals surface area contributed by atoms with Crippen LogP contribution in [0.5, 0.6) is 0 Å². The molecule has 16 nitrogen and oxygen atoms in total. The predicted molar refractivity (Wildman–Crippen MR) is 181 cm³/mol. The summed E-state index contributed by atoms with van der Waals surface area (Å²) in [5.41, 5.74) is -0.297. The number of hydrogen-bond acceptors (Lipinski definition) is 13. The number of amides is 1. The van der Waals surface area contributed by atoms with Crippen LogP contribution in [0.2, 0.25) is 0 Å². The zero-order valence-electron chi connectivity index (χ0n) is 28.8. The maximum atomic E-state index is 14.5. The molecule has 0 bridgehead atoms. The van der Waals surface area contributed by atoms with E-state index in [4.69, 9.17) is 0 Å². The molecule has 304 valence electrons. The topological polar surface area (TPSA) is 211 Å². The van der Waals surface area contributed by atoms with Gasteiger partial charge in [0.2, 0.25) is 25.9 Å². The molecule has 1 N–H and O–H groups in total. The molecular formula is C31H25F8N9O7S2. The summed E-state index contributed by atoms with van der Waals surface area (Å²) in [4.78, 5) is 37.5. The van der Waals surface area contributed by atoms with Crippen LogP contribution in [-0.4, -0.2) is 83.9 Å². The van der Waals surface area contributed by atoms with Gasteiger partial charge in [0, 0.05) is 22.3 Å². The smallest absolute Gasteiger partial charge is 0.413 e. The number of anilines is 2. The van der Waals surface area contributed by atoms with Crippen LogP contribution >= 0.6 is 0 Å². The van der Waals surface area contributed by atoms with Gasteiger partial charge in [0.05, 0.1) is 68.3 Å². The normalized spacial score (nSPS) is 12.0. The van der Waals surface area contributed by atoms with Crippen molar-refractivity contribution < 1.29 is 66.0 Å². The monoisotopic (exact) mass is 851 g/mol. The molecule has 0 unspecified atom stereocenters. The van der Waals surface area contributed by atoms with Gasteiger partial charge in [-0.2, -0.15) is 26.3 Å². The van der Waals surface area contributed by atoms with Crippen LogP contribution in [0.15, 0.2) is 78.3 Å². The molecule has 57 heavy (non-hydrogen) atoms. The van der Waals surface area contributed by atoms with E-state index < -0.39 is 80.6 Å². The fraction of sp³-hybridized carbons (Fsp3) is 0.226. The summed E-state index contributed by atoms with van der Waals surface area (Å²) in [6.45, 7) is -1.79. The fourth-order valence-electron chi connectivity index (χ4n) is 4.42. The lowest BCUT2D eigenvalue weighted by molar-refractivity contribution is -0.173. The van der Waals surface area contributed by atoms with Crippen molar-refractivity contribution in [1.29, 1.82) is 0 Å². The van der Waals surface area contributed by atoms with Gasteiger partial charge < -0.3 is 9.73 Å². The first-order valence-corrected chi connectivity index (χ1v) is 19.0. The van der Waals surface area contributed by atoms with Gasteiger partial charge >= 0.3 is 24.2 Å². The lowest BCUT2D eigenvalue weighted by Gasteiger charge is -2.22. The average molecular weight is 852 g/mol. The van der Waals surface area contributed by atoms with Crippen molar-refractivity contribution in [2.45, 2.75) is 25.4 Å². The van der Waals surface area contributed by atoms with E-state index in [1.54, 1.807) is 0 Å². The number of hydrogen-bond donors (Lipinski definition) is 1. The number of ketones is 1. The van der Waals surface area contributed by atoms with Crippen molar-refractivity contribution in [1.82, 2.24) is 35.5 Å². The Morgan fingerprint density at radius 1 is 0.719 bits per heavy atom. The van der Waals surface area contributed by atoms with Crippen molar-refractivity contribution in [3.63, 3.8) is 0 Å². The first-order chi connectivity index (χ1) is 26.4. The largest absolute Gasteiger partial charge is 0.471 e. The van der Waals surface area contributed by atoms with Crippen LogP contribution in [0.25, 0.3) is 11.5 Å². The van der Waals surface area contributed by atoms with Crippen LogP contribution in [-0.2, 0) is 44.1 Å². The van der Waals surface area contributed by atoms with Crippen molar-refractivity contribution in [2.75, 3.05) is 27.7 Å². The first kappa shape index (κ1) is 43.5. The number of sulfonamides is 2. The van der Waals surface area contributed by atoms with E-state index in [1.807, 2.05) is 0 Å². The molecule has 0 saturated heterocycles. The summed E-state index contributed by atoms with van der Waals surface area (Å²) < 4.78 is 157. The number of aromatic nitrogens is 6. The summed E-state index contributed by atoms with van der Waals surface area (Å²) >= 11 is 0. The number of alkyl halides is 6. The van der Waals surface area contributed by atoms with E-state index in [0.717, 1.165) is 45.4 Å². The van der Waals surface area contributed by atoms with Crippen molar-refractivity contribution in [3.8, 4) is 11.5 Å². The Labute approximate surface area is 316 Å². The van der Waals surface area contributed by atoms with Gasteiger partial charge in [-0.25, -0.2) is 45.6 Å². The minimum atomic E-state index is -5.15. The second-order valence-electron chi connectivity index (χ2n) is 11.4.